The van der Waals surface area contributed by atoms with E-state index >= 15 is 0 Å². The molecule has 0 aromatic carbocycles. The van der Waals surface area contributed by atoms with E-state index in [2.05, 4.69) is 35.6 Å². The highest BCUT2D eigenvalue weighted by Crippen LogP contribution is 2.15. The number of anilines is 1. The molecular formula is C13H25N3O. The van der Waals surface area contributed by atoms with Crippen molar-refractivity contribution in [3.63, 3.8) is 0 Å². The minimum absolute atomic E-state index is 0.156. The lowest BCUT2D eigenvalue weighted by Crippen LogP contribution is -2.30. The van der Waals surface area contributed by atoms with Crippen molar-refractivity contribution < 1.29 is 4.74 Å². The van der Waals surface area contributed by atoms with E-state index in [1.165, 1.54) is 12.8 Å². The van der Waals surface area contributed by atoms with Crippen molar-refractivity contribution in [2.24, 2.45) is 0 Å². The van der Waals surface area contributed by atoms with Crippen LogP contribution in [0.3, 0.4) is 0 Å². The molecule has 1 aromatic heterocycles. The molecular weight excluding hydrogens is 214 g/mol. The van der Waals surface area contributed by atoms with E-state index in [4.69, 9.17) is 4.74 Å². The van der Waals surface area contributed by atoms with Gasteiger partial charge in [0.05, 0.1) is 12.1 Å². The largest absolute Gasteiger partial charge is 0.374 e. The Balaban J connectivity index is 2.56. The molecule has 1 N–H and O–H groups in total. The first kappa shape index (κ1) is 14.0. The van der Waals surface area contributed by atoms with Gasteiger partial charge in [0.2, 0.25) is 5.95 Å². The Kier molecular flexibility index (Phi) is 5.48. The van der Waals surface area contributed by atoms with Gasteiger partial charge >= 0.3 is 0 Å². The first-order valence-electron chi connectivity index (χ1n) is 6.48. The summed E-state index contributed by atoms with van der Waals surface area (Å²) in [5.74, 6) is 0.936. The average molecular weight is 239 g/mol. The van der Waals surface area contributed by atoms with Gasteiger partial charge in [-0.05, 0) is 27.2 Å². The highest BCUT2D eigenvalue weighted by atomic mass is 16.5. The van der Waals surface area contributed by atoms with Crippen molar-refractivity contribution in [3.05, 3.63) is 12.4 Å². The maximum absolute atomic E-state index is 5.71. The zero-order chi connectivity index (χ0) is 12.7. The van der Waals surface area contributed by atoms with Gasteiger partial charge in [-0.1, -0.05) is 13.3 Å². The Bertz CT molecular complexity index is 320. The molecule has 0 radical (unpaired) electrons. The van der Waals surface area contributed by atoms with Crippen LogP contribution in [0.15, 0.2) is 12.4 Å². The molecule has 4 heteroatoms. The molecule has 17 heavy (non-hydrogen) atoms. The molecule has 0 saturated carbocycles. The summed E-state index contributed by atoms with van der Waals surface area (Å²) in [5.41, 5.74) is -0.156. The molecule has 1 heterocycles. The quantitative estimate of drug-likeness (QED) is 0.709. The van der Waals surface area contributed by atoms with Crippen LogP contribution in [0.4, 0.5) is 5.95 Å². The van der Waals surface area contributed by atoms with Crippen LogP contribution in [0, 0.1) is 0 Å². The minimum Gasteiger partial charge on any atom is -0.374 e. The number of imidazole rings is 1. The van der Waals surface area contributed by atoms with E-state index in [1.54, 1.807) is 0 Å². The summed E-state index contributed by atoms with van der Waals surface area (Å²) in [5, 5.41) is 3.36. The molecule has 1 aromatic rings. The lowest BCUT2D eigenvalue weighted by Gasteiger charge is -2.26. The monoisotopic (exact) mass is 239 g/mol. The van der Waals surface area contributed by atoms with E-state index in [0.29, 0.717) is 0 Å². The molecule has 0 saturated heterocycles. The summed E-state index contributed by atoms with van der Waals surface area (Å²) in [4.78, 5) is 4.33. The number of unbranched alkanes of at least 4 members (excludes halogenated alkanes) is 1. The second-order valence-corrected chi connectivity index (χ2v) is 4.85. The van der Waals surface area contributed by atoms with E-state index < -0.39 is 0 Å². The molecule has 0 amide bonds. The maximum Gasteiger partial charge on any atom is 0.202 e. The first-order valence-corrected chi connectivity index (χ1v) is 6.48. The predicted molar refractivity (Wildman–Crippen MR) is 71.3 cm³/mol. The number of nitrogens with one attached hydrogen (secondary N) is 1. The molecule has 4 nitrogen and oxygen atoms in total. The van der Waals surface area contributed by atoms with Crippen molar-refractivity contribution in [1.29, 1.82) is 0 Å². The average Bonchev–Trinajstić information content (AvgIpc) is 2.65. The highest BCUT2D eigenvalue weighted by molar-refractivity contribution is 5.25. The van der Waals surface area contributed by atoms with E-state index in [-0.39, 0.29) is 5.60 Å². The molecule has 1 rings (SSSR count). The summed E-state index contributed by atoms with van der Waals surface area (Å²) in [6, 6.07) is 0. The van der Waals surface area contributed by atoms with Crippen molar-refractivity contribution in [2.45, 2.75) is 52.7 Å². The number of hydrogen-bond acceptors (Lipinski definition) is 3. The summed E-state index contributed by atoms with van der Waals surface area (Å²) < 4.78 is 7.82. The van der Waals surface area contributed by atoms with E-state index in [9.17, 15) is 0 Å². The van der Waals surface area contributed by atoms with E-state index in [1.807, 2.05) is 19.3 Å². The Morgan fingerprint density at radius 2 is 2.18 bits per heavy atom. The second-order valence-electron chi connectivity index (χ2n) is 4.85. The van der Waals surface area contributed by atoms with Crippen LogP contribution in [0.1, 0.15) is 40.5 Å². The lowest BCUT2D eigenvalue weighted by atomic mass is 10.1. The molecule has 0 atom stereocenters. The van der Waals surface area contributed by atoms with Gasteiger partial charge in [-0.15, -0.1) is 0 Å². The SMILES string of the molecule is CCCCNc1nccn1CC(C)(C)OCC. The predicted octanol–water partition coefficient (Wildman–Crippen LogP) is 2.91. The Labute approximate surface area is 104 Å². The number of nitrogens with zero attached hydrogens (tertiary/aromatic N) is 2. The van der Waals surface area contributed by atoms with E-state index in [0.717, 1.165) is 25.6 Å². The van der Waals surface area contributed by atoms with Crippen LogP contribution in [0.5, 0.6) is 0 Å². The van der Waals surface area contributed by atoms with Gasteiger partial charge < -0.3 is 14.6 Å². The van der Waals surface area contributed by atoms with Crippen molar-refractivity contribution in [3.8, 4) is 0 Å². The zero-order valence-electron chi connectivity index (χ0n) is 11.5. The molecule has 0 aliphatic rings. The molecule has 0 aliphatic heterocycles. The molecule has 0 aliphatic carbocycles. The fourth-order valence-corrected chi connectivity index (χ4v) is 1.83. The van der Waals surface area contributed by atoms with Crippen LogP contribution < -0.4 is 5.32 Å². The molecule has 98 valence electrons. The lowest BCUT2D eigenvalue weighted by molar-refractivity contribution is -0.0220. The van der Waals surface area contributed by atoms with Crippen molar-refractivity contribution >= 4 is 5.95 Å². The zero-order valence-corrected chi connectivity index (χ0v) is 11.5. The summed E-state index contributed by atoms with van der Waals surface area (Å²) in [6.45, 7) is 10.9. The van der Waals surface area contributed by atoms with Crippen LogP contribution >= 0.6 is 0 Å². The van der Waals surface area contributed by atoms with Crippen LogP contribution in [0.2, 0.25) is 0 Å². The number of rotatable bonds is 8. The smallest absolute Gasteiger partial charge is 0.202 e. The minimum atomic E-state index is -0.156. The van der Waals surface area contributed by atoms with Crippen LogP contribution in [-0.4, -0.2) is 28.3 Å². The second kappa shape index (κ2) is 6.64. The maximum atomic E-state index is 5.71. The molecule has 0 unspecified atom stereocenters. The normalized spacial score (nSPS) is 11.8. The molecule has 0 bridgehead atoms. The molecule has 0 spiro atoms. The van der Waals surface area contributed by atoms with Gasteiger partial charge in [-0.2, -0.15) is 0 Å². The standard InChI is InChI=1S/C13H25N3O/c1-5-7-8-14-12-15-9-10-16(12)11-13(3,4)17-6-2/h9-10H,5-8,11H2,1-4H3,(H,14,15). The Morgan fingerprint density at radius 3 is 2.82 bits per heavy atom. The summed E-state index contributed by atoms with van der Waals surface area (Å²) in [7, 11) is 0. The van der Waals surface area contributed by atoms with Gasteiger partial charge in [0.15, 0.2) is 0 Å². The Morgan fingerprint density at radius 1 is 1.41 bits per heavy atom. The number of ether oxygens (including phenoxy) is 1. The van der Waals surface area contributed by atoms with Gasteiger partial charge in [-0.3, -0.25) is 0 Å². The third kappa shape index (κ3) is 4.77. The van der Waals surface area contributed by atoms with Gasteiger partial charge in [0.1, 0.15) is 0 Å². The Hall–Kier alpha value is -1.03. The van der Waals surface area contributed by atoms with Gasteiger partial charge in [0.25, 0.3) is 0 Å². The van der Waals surface area contributed by atoms with Crippen LogP contribution in [-0.2, 0) is 11.3 Å². The molecule has 0 fully saturated rings. The number of hydrogen-bond donors (Lipinski definition) is 1. The summed E-state index contributed by atoms with van der Waals surface area (Å²) in [6.07, 6.45) is 6.19. The van der Waals surface area contributed by atoms with Gasteiger partial charge in [-0.25, -0.2) is 4.98 Å². The fraction of sp³-hybridized carbons (Fsp3) is 0.769. The first-order chi connectivity index (χ1) is 8.09. The fourth-order valence-electron chi connectivity index (χ4n) is 1.83. The third-order valence-electron chi connectivity index (χ3n) is 2.62. The van der Waals surface area contributed by atoms with Crippen molar-refractivity contribution in [2.75, 3.05) is 18.5 Å². The van der Waals surface area contributed by atoms with Crippen LogP contribution in [0.25, 0.3) is 0 Å². The third-order valence-corrected chi connectivity index (χ3v) is 2.62. The van der Waals surface area contributed by atoms with Gasteiger partial charge in [0, 0.05) is 25.5 Å². The van der Waals surface area contributed by atoms with Crippen molar-refractivity contribution in [1.82, 2.24) is 9.55 Å². The highest BCUT2D eigenvalue weighted by Gasteiger charge is 2.19. The topological polar surface area (TPSA) is 39.1 Å². The summed E-state index contributed by atoms with van der Waals surface area (Å²) >= 11 is 0. The number of aromatic nitrogens is 2.